The number of hydrogen-bond donors (Lipinski definition) is 0. The molecule has 53 heavy (non-hydrogen) atoms. The van der Waals surface area contributed by atoms with Crippen LogP contribution in [0.1, 0.15) is 0 Å². The zero-order chi connectivity index (χ0) is 35.1. The van der Waals surface area contributed by atoms with Crippen LogP contribution in [0.4, 0.5) is 17.1 Å². The van der Waals surface area contributed by atoms with Gasteiger partial charge in [0.25, 0.3) is 0 Å². The average Bonchev–Trinajstić information content (AvgIpc) is 3.77. The SMILES string of the molecule is c1ccc(-c2ccc(-c3ccc(N(c4ccccc4)c4ccc(-c5ccc6c(c5)c5oc7ccccc7c5n6-c5ccccc5)cc4)cc3)cc2)cc1. The van der Waals surface area contributed by atoms with Gasteiger partial charge in [0.2, 0.25) is 0 Å². The molecule has 2 aromatic heterocycles. The van der Waals surface area contributed by atoms with Crippen LogP contribution in [0.3, 0.4) is 0 Å². The third-order valence-electron chi connectivity index (χ3n) is 10.2. The maximum absolute atomic E-state index is 6.54. The summed E-state index contributed by atoms with van der Waals surface area (Å²) in [4.78, 5) is 2.31. The molecule has 8 aromatic carbocycles. The topological polar surface area (TPSA) is 21.3 Å². The largest absolute Gasteiger partial charge is 0.454 e. The Bertz CT molecular complexity index is 2840. The number of aromatic nitrogens is 1. The minimum Gasteiger partial charge on any atom is -0.454 e. The van der Waals surface area contributed by atoms with Crippen LogP contribution in [-0.4, -0.2) is 4.57 Å². The van der Waals surface area contributed by atoms with Gasteiger partial charge in [-0.05, 0) is 106 Å². The molecule has 0 unspecified atom stereocenters. The summed E-state index contributed by atoms with van der Waals surface area (Å²) < 4.78 is 8.87. The van der Waals surface area contributed by atoms with Crippen molar-refractivity contribution in [2.75, 3.05) is 4.90 Å². The number of furan rings is 1. The van der Waals surface area contributed by atoms with E-state index in [-0.39, 0.29) is 0 Å². The van der Waals surface area contributed by atoms with Crippen molar-refractivity contribution in [3.05, 3.63) is 206 Å². The van der Waals surface area contributed by atoms with Crippen molar-refractivity contribution in [2.45, 2.75) is 0 Å². The van der Waals surface area contributed by atoms with Gasteiger partial charge in [0.1, 0.15) is 11.1 Å². The van der Waals surface area contributed by atoms with E-state index in [1.165, 1.54) is 22.3 Å². The molecule has 0 aliphatic heterocycles. The summed E-state index contributed by atoms with van der Waals surface area (Å²) in [6.07, 6.45) is 0. The molecule has 250 valence electrons. The molecule has 0 atom stereocenters. The fourth-order valence-electron chi connectivity index (χ4n) is 7.61. The van der Waals surface area contributed by atoms with Crippen LogP contribution in [0.25, 0.3) is 72.0 Å². The van der Waals surface area contributed by atoms with Gasteiger partial charge in [-0.2, -0.15) is 0 Å². The molecule has 0 spiro atoms. The number of hydrogen-bond acceptors (Lipinski definition) is 2. The van der Waals surface area contributed by atoms with Crippen molar-refractivity contribution in [3.63, 3.8) is 0 Å². The lowest BCUT2D eigenvalue weighted by atomic mass is 10.00. The van der Waals surface area contributed by atoms with Gasteiger partial charge >= 0.3 is 0 Å². The standard InChI is InChI=1S/C50H34N2O/c1-4-12-35(13-5-1)36-20-22-37(23-21-36)38-24-29-43(30-25-38)51(41-14-6-2-7-15-41)44-31-26-39(27-32-44)40-28-33-47-46(34-40)50-49(45-18-10-11-19-48(45)53-50)52(47)42-16-8-3-9-17-42/h1-34H. The normalized spacial score (nSPS) is 11.4. The van der Waals surface area contributed by atoms with E-state index in [1.54, 1.807) is 0 Å². The average molecular weight is 679 g/mol. The van der Waals surface area contributed by atoms with Gasteiger partial charge in [0.05, 0.1) is 5.52 Å². The fraction of sp³-hybridized carbons (Fsp3) is 0. The highest BCUT2D eigenvalue weighted by atomic mass is 16.3. The molecule has 0 aliphatic carbocycles. The van der Waals surface area contributed by atoms with Crippen molar-refractivity contribution in [1.29, 1.82) is 0 Å². The first-order valence-electron chi connectivity index (χ1n) is 18.0. The van der Waals surface area contributed by atoms with E-state index < -0.39 is 0 Å². The Labute approximate surface area is 308 Å². The van der Waals surface area contributed by atoms with E-state index in [0.717, 1.165) is 66.8 Å². The molecular formula is C50H34N2O. The van der Waals surface area contributed by atoms with Gasteiger partial charge in [-0.1, -0.05) is 133 Å². The molecule has 0 N–H and O–H groups in total. The van der Waals surface area contributed by atoms with Crippen molar-refractivity contribution < 1.29 is 4.42 Å². The Morgan fingerprint density at radius 2 is 0.811 bits per heavy atom. The van der Waals surface area contributed by atoms with Gasteiger partial charge in [0.15, 0.2) is 5.58 Å². The summed E-state index contributed by atoms with van der Waals surface area (Å²) in [6, 6.07) is 73.2. The molecule has 0 radical (unpaired) electrons. The lowest BCUT2D eigenvalue weighted by Gasteiger charge is -2.26. The van der Waals surface area contributed by atoms with E-state index in [4.69, 9.17) is 4.42 Å². The maximum Gasteiger partial charge on any atom is 0.161 e. The van der Waals surface area contributed by atoms with Crippen LogP contribution in [0.5, 0.6) is 0 Å². The van der Waals surface area contributed by atoms with Crippen LogP contribution in [0.15, 0.2) is 211 Å². The summed E-state index contributed by atoms with van der Waals surface area (Å²) in [5.41, 5.74) is 15.6. The predicted molar refractivity (Wildman–Crippen MR) is 222 cm³/mol. The zero-order valence-corrected chi connectivity index (χ0v) is 28.9. The Morgan fingerprint density at radius 3 is 1.43 bits per heavy atom. The number of nitrogens with zero attached hydrogens (tertiary/aromatic N) is 2. The molecule has 0 saturated carbocycles. The quantitative estimate of drug-likeness (QED) is 0.167. The second-order valence-electron chi connectivity index (χ2n) is 13.4. The first-order valence-corrected chi connectivity index (χ1v) is 18.0. The van der Waals surface area contributed by atoms with Crippen LogP contribution in [-0.2, 0) is 0 Å². The smallest absolute Gasteiger partial charge is 0.161 e. The highest BCUT2D eigenvalue weighted by Crippen LogP contribution is 2.41. The molecule has 10 rings (SSSR count). The van der Waals surface area contributed by atoms with Gasteiger partial charge in [-0.15, -0.1) is 0 Å². The van der Waals surface area contributed by atoms with Gasteiger partial charge in [0, 0.05) is 33.5 Å². The second-order valence-corrected chi connectivity index (χ2v) is 13.4. The van der Waals surface area contributed by atoms with E-state index >= 15 is 0 Å². The Hall–Kier alpha value is -7.10. The Balaban J connectivity index is 1.00. The van der Waals surface area contributed by atoms with Crippen molar-refractivity contribution >= 4 is 50.0 Å². The van der Waals surface area contributed by atoms with Gasteiger partial charge in [-0.25, -0.2) is 0 Å². The van der Waals surface area contributed by atoms with E-state index in [1.807, 2.05) is 12.1 Å². The molecule has 10 aromatic rings. The lowest BCUT2D eigenvalue weighted by molar-refractivity contribution is 0.673. The Kier molecular flexibility index (Phi) is 7.47. The summed E-state index contributed by atoms with van der Waals surface area (Å²) in [5.74, 6) is 0. The minimum atomic E-state index is 0.897. The number of fused-ring (bicyclic) bond motifs is 5. The maximum atomic E-state index is 6.54. The van der Waals surface area contributed by atoms with Crippen LogP contribution in [0, 0.1) is 0 Å². The number of rotatable bonds is 7. The third-order valence-corrected chi connectivity index (χ3v) is 10.2. The molecule has 0 amide bonds. The first kappa shape index (κ1) is 30.7. The number of benzene rings is 8. The molecule has 2 heterocycles. The van der Waals surface area contributed by atoms with Gasteiger partial charge < -0.3 is 13.9 Å². The number of para-hydroxylation sites is 3. The number of anilines is 3. The minimum absolute atomic E-state index is 0.897. The molecular weight excluding hydrogens is 645 g/mol. The summed E-state index contributed by atoms with van der Waals surface area (Å²) >= 11 is 0. The molecule has 3 heteroatoms. The van der Waals surface area contributed by atoms with Crippen LogP contribution >= 0.6 is 0 Å². The summed E-state index contributed by atoms with van der Waals surface area (Å²) in [7, 11) is 0. The molecule has 0 bridgehead atoms. The van der Waals surface area contributed by atoms with Crippen LogP contribution < -0.4 is 4.90 Å². The van der Waals surface area contributed by atoms with Crippen molar-refractivity contribution in [2.24, 2.45) is 0 Å². The zero-order valence-electron chi connectivity index (χ0n) is 28.9. The van der Waals surface area contributed by atoms with Gasteiger partial charge in [-0.3, -0.25) is 0 Å². The van der Waals surface area contributed by atoms with Crippen LogP contribution in [0.2, 0.25) is 0 Å². The highest BCUT2D eigenvalue weighted by molar-refractivity contribution is 6.17. The predicted octanol–water partition coefficient (Wildman–Crippen LogP) is 14.0. The fourth-order valence-corrected chi connectivity index (χ4v) is 7.61. The highest BCUT2D eigenvalue weighted by Gasteiger charge is 2.20. The molecule has 3 nitrogen and oxygen atoms in total. The molecule has 0 fully saturated rings. The molecule has 0 saturated heterocycles. The van der Waals surface area contributed by atoms with Crippen molar-refractivity contribution in [3.8, 4) is 39.1 Å². The van der Waals surface area contributed by atoms with E-state index in [9.17, 15) is 0 Å². The van der Waals surface area contributed by atoms with E-state index in [0.29, 0.717) is 0 Å². The molecule has 0 aliphatic rings. The first-order chi connectivity index (χ1) is 26.3. The Morgan fingerprint density at radius 1 is 0.358 bits per heavy atom. The second kappa shape index (κ2) is 12.9. The third kappa shape index (κ3) is 5.47. The lowest BCUT2D eigenvalue weighted by Crippen LogP contribution is -2.09. The van der Waals surface area contributed by atoms with E-state index in [2.05, 4.69) is 204 Å². The summed E-state index contributed by atoms with van der Waals surface area (Å²) in [5, 5.41) is 2.21. The monoisotopic (exact) mass is 678 g/mol. The summed E-state index contributed by atoms with van der Waals surface area (Å²) in [6.45, 7) is 0. The van der Waals surface area contributed by atoms with Crippen molar-refractivity contribution in [1.82, 2.24) is 4.57 Å².